The number of aliphatic hydroxyl groups is 10. The van der Waals surface area contributed by atoms with Gasteiger partial charge in [-0.2, -0.15) is 0 Å². The van der Waals surface area contributed by atoms with Gasteiger partial charge in [-0.05, 0) is 0 Å². The number of carbonyl (C=O) groups excluding carboxylic acids is 1. The Balaban J connectivity index is 2.07. The highest BCUT2D eigenvalue weighted by atomic mass is 16.7. The van der Waals surface area contributed by atoms with Gasteiger partial charge in [0.1, 0.15) is 67.1 Å². The van der Waals surface area contributed by atoms with Gasteiger partial charge >= 0.3 is 0 Å². The van der Waals surface area contributed by atoms with Crippen molar-refractivity contribution in [2.75, 3.05) is 19.8 Å². The predicted octanol–water partition coefficient (Wildman–Crippen LogP) is -7.09. The molecule has 0 aromatic heterocycles. The van der Waals surface area contributed by atoms with Crippen molar-refractivity contribution in [3.05, 3.63) is 0 Å². The summed E-state index contributed by atoms with van der Waals surface area (Å²) in [6.07, 6.45) is -22.7. The van der Waals surface area contributed by atoms with Crippen molar-refractivity contribution in [1.29, 1.82) is 0 Å². The normalized spacial score (nSPS) is 42.1. The van der Waals surface area contributed by atoms with Gasteiger partial charge in [0.2, 0.25) is 0 Å². The molecule has 2 aliphatic rings. The number of hydrogen-bond acceptors (Lipinski definition) is 15. The predicted molar refractivity (Wildman–Crippen MR) is 96.4 cm³/mol. The first-order valence-corrected chi connectivity index (χ1v) is 9.76. The third kappa shape index (κ3) is 6.16. The van der Waals surface area contributed by atoms with Gasteiger partial charge in [0, 0.05) is 0 Å². The van der Waals surface area contributed by atoms with E-state index in [0.717, 1.165) is 0 Å². The first-order chi connectivity index (χ1) is 15.0. The van der Waals surface area contributed by atoms with Gasteiger partial charge in [-0.3, -0.25) is 0 Å². The van der Waals surface area contributed by atoms with E-state index in [4.69, 9.17) is 24.1 Å². The maximum absolute atomic E-state index is 10.7. The standard InChI is InChI=1S/C17H30O15/c18-1-5(20)10(24)15(6(21)2-19)32-17-14(28)12(26)11(25)8(31-17)4-30-16-13(27)9(23)7(22)3-29-16/h1,5-17,19-28H,2-4H2/t5-,6+,7+,8+,9-,10+,11+,12-,13+,14+,15+,16+,17-/m0/s1. The minimum Gasteiger partial charge on any atom is -0.394 e. The van der Waals surface area contributed by atoms with Gasteiger partial charge in [0.05, 0.1) is 19.8 Å². The Morgan fingerprint density at radius 1 is 0.906 bits per heavy atom. The molecule has 0 saturated carbocycles. The number of aliphatic hydroxyl groups excluding tert-OH is 10. The summed E-state index contributed by atoms with van der Waals surface area (Å²) in [4.78, 5) is 10.7. The number of hydrogen-bond donors (Lipinski definition) is 10. The van der Waals surface area contributed by atoms with Crippen LogP contribution in [0, 0.1) is 0 Å². The van der Waals surface area contributed by atoms with Crippen LogP contribution >= 0.6 is 0 Å². The van der Waals surface area contributed by atoms with Crippen molar-refractivity contribution in [2.24, 2.45) is 0 Å². The van der Waals surface area contributed by atoms with Crippen LogP contribution in [0.25, 0.3) is 0 Å². The van der Waals surface area contributed by atoms with Crippen LogP contribution in [0.4, 0.5) is 0 Å². The molecule has 188 valence electrons. The topological polar surface area (TPSA) is 256 Å². The zero-order valence-electron chi connectivity index (χ0n) is 16.7. The molecule has 0 aliphatic carbocycles. The van der Waals surface area contributed by atoms with Crippen molar-refractivity contribution >= 4 is 6.29 Å². The number of rotatable bonds is 10. The van der Waals surface area contributed by atoms with Gasteiger partial charge in [-0.15, -0.1) is 0 Å². The molecule has 0 amide bonds. The number of aldehydes is 1. The second-order valence-corrected chi connectivity index (χ2v) is 7.57. The molecule has 2 aliphatic heterocycles. The van der Waals surface area contributed by atoms with Gasteiger partial charge < -0.3 is 74.8 Å². The van der Waals surface area contributed by atoms with Crippen LogP contribution in [-0.2, 0) is 23.7 Å². The van der Waals surface area contributed by atoms with E-state index >= 15 is 0 Å². The highest BCUT2D eigenvalue weighted by Gasteiger charge is 2.48. The molecule has 15 heteroatoms. The molecule has 2 saturated heterocycles. The van der Waals surface area contributed by atoms with Crippen LogP contribution < -0.4 is 0 Å². The van der Waals surface area contributed by atoms with Gasteiger partial charge in [0.25, 0.3) is 0 Å². The zero-order valence-corrected chi connectivity index (χ0v) is 16.7. The van der Waals surface area contributed by atoms with Crippen LogP contribution in [-0.4, -0.2) is 157 Å². The summed E-state index contributed by atoms with van der Waals surface area (Å²) in [6.45, 7) is -1.91. The average molecular weight is 474 g/mol. The molecule has 0 bridgehead atoms. The van der Waals surface area contributed by atoms with Gasteiger partial charge in [-0.1, -0.05) is 0 Å². The Bertz CT molecular complexity index is 580. The fraction of sp³-hybridized carbons (Fsp3) is 0.941. The van der Waals surface area contributed by atoms with E-state index in [1.54, 1.807) is 0 Å². The molecule has 0 aromatic rings. The molecule has 0 unspecified atom stereocenters. The fourth-order valence-corrected chi connectivity index (χ4v) is 3.21. The van der Waals surface area contributed by atoms with E-state index in [9.17, 15) is 50.8 Å². The van der Waals surface area contributed by atoms with Crippen molar-refractivity contribution in [1.82, 2.24) is 0 Å². The summed E-state index contributed by atoms with van der Waals surface area (Å²) in [5, 5.41) is 97.9. The van der Waals surface area contributed by atoms with Crippen LogP contribution in [0.5, 0.6) is 0 Å². The SMILES string of the molecule is O=C[C@H](O)[C@@H](O)[C@H](O[C@@H]1O[C@H](CO[C@H]2OC[C@@H](O)[C@H](O)[C@H]2O)[C@@H](O)[C@H](O)[C@H]1O)[C@H](O)CO. The van der Waals surface area contributed by atoms with E-state index in [1.165, 1.54) is 0 Å². The van der Waals surface area contributed by atoms with Crippen molar-refractivity contribution in [3.63, 3.8) is 0 Å². The monoisotopic (exact) mass is 474 g/mol. The Hall–Kier alpha value is -0.890. The Morgan fingerprint density at radius 2 is 1.53 bits per heavy atom. The maximum Gasteiger partial charge on any atom is 0.187 e. The summed E-state index contributed by atoms with van der Waals surface area (Å²) in [6, 6.07) is 0. The molecule has 2 fully saturated rings. The van der Waals surface area contributed by atoms with E-state index in [1.807, 2.05) is 0 Å². The molecule has 32 heavy (non-hydrogen) atoms. The van der Waals surface area contributed by atoms with Crippen LogP contribution in [0.1, 0.15) is 0 Å². The highest BCUT2D eigenvalue weighted by Crippen LogP contribution is 2.26. The minimum atomic E-state index is -2.05. The number of ether oxygens (including phenoxy) is 4. The second kappa shape index (κ2) is 12.0. The average Bonchev–Trinajstić information content (AvgIpc) is 2.79. The highest BCUT2D eigenvalue weighted by molar-refractivity contribution is 5.56. The molecule has 0 spiro atoms. The fourth-order valence-electron chi connectivity index (χ4n) is 3.21. The molecule has 15 nitrogen and oxygen atoms in total. The van der Waals surface area contributed by atoms with Crippen molar-refractivity contribution in [3.8, 4) is 0 Å². The third-order valence-electron chi connectivity index (χ3n) is 5.23. The van der Waals surface area contributed by atoms with Crippen molar-refractivity contribution < 1.29 is 74.8 Å². The van der Waals surface area contributed by atoms with Gasteiger partial charge in [-0.25, -0.2) is 0 Å². The Labute approximate surface area is 181 Å². The molecule has 10 N–H and O–H groups in total. The Kier molecular flexibility index (Phi) is 10.3. The van der Waals surface area contributed by atoms with Crippen molar-refractivity contribution in [2.45, 2.75) is 79.7 Å². The second-order valence-electron chi connectivity index (χ2n) is 7.57. The largest absolute Gasteiger partial charge is 0.394 e. The quantitative estimate of drug-likeness (QED) is 0.132. The molecule has 0 aromatic carbocycles. The third-order valence-corrected chi connectivity index (χ3v) is 5.23. The van der Waals surface area contributed by atoms with Crippen LogP contribution in [0.15, 0.2) is 0 Å². The number of carbonyl (C=O) groups is 1. The van der Waals surface area contributed by atoms with E-state index in [-0.39, 0.29) is 12.9 Å². The van der Waals surface area contributed by atoms with Gasteiger partial charge in [0.15, 0.2) is 18.9 Å². The zero-order chi connectivity index (χ0) is 24.2. The summed E-state index contributed by atoms with van der Waals surface area (Å²) >= 11 is 0. The lowest BCUT2D eigenvalue weighted by atomic mass is 9.98. The first-order valence-electron chi connectivity index (χ1n) is 9.76. The molecule has 0 radical (unpaired) electrons. The molecular formula is C17H30O15. The molecule has 2 rings (SSSR count). The molecule has 13 atom stereocenters. The lowest BCUT2D eigenvalue weighted by molar-refractivity contribution is -0.338. The summed E-state index contributed by atoms with van der Waals surface area (Å²) in [7, 11) is 0. The van der Waals surface area contributed by atoms with Crippen LogP contribution in [0.3, 0.4) is 0 Å². The summed E-state index contributed by atoms with van der Waals surface area (Å²) < 4.78 is 20.8. The lowest BCUT2D eigenvalue weighted by Gasteiger charge is -2.43. The Morgan fingerprint density at radius 3 is 2.12 bits per heavy atom. The maximum atomic E-state index is 10.7. The first kappa shape index (κ1) is 27.4. The summed E-state index contributed by atoms with van der Waals surface area (Å²) in [5.41, 5.74) is 0. The molecular weight excluding hydrogens is 444 g/mol. The smallest absolute Gasteiger partial charge is 0.187 e. The van der Waals surface area contributed by atoms with E-state index in [2.05, 4.69) is 0 Å². The lowest BCUT2D eigenvalue weighted by Crippen LogP contribution is -2.62. The van der Waals surface area contributed by atoms with Crippen LogP contribution in [0.2, 0.25) is 0 Å². The van der Waals surface area contributed by atoms with E-state index < -0.39 is 92.9 Å². The molecule has 2 heterocycles. The minimum absolute atomic E-state index is 0.0562. The van der Waals surface area contributed by atoms with E-state index in [0.29, 0.717) is 0 Å². The summed E-state index contributed by atoms with van der Waals surface area (Å²) in [5.74, 6) is 0.